The number of halogens is 1. The summed E-state index contributed by atoms with van der Waals surface area (Å²) in [4.78, 5) is 0. The van der Waals surface area contributed by atoms with Crippen LogP contribution < -0.4 is 4.72 Å². The molecule has 27 heavy (non-hydrogen) atoms. The first-order chi connectivity index (χ1) is 13.0. The molecule has 2 aliphatic heterocycles. The highest BCUT2D eigenvalue weighted by atomic mass is 32.2. The van der Waals surface area contributed by atoms with E-state index in [-0.39, 0.29) is 17.4 Å². The van der Waals surface area contributed by atoms with Gasteiger partial charge in [0, 0.05) is 25.3 Å². The Labute approximate surface area is 158 Å². The monoisotopic (exact) mass is 394 g/mol. The SMILES string of the molecule is O=S(=O)(CC1CCCO1)Nc1ccc(F)c(-c2nnc3n2CCCCC3)c1. The summed E-state index contributed by atoms with van der Waals surface area (Å²) in [5.74, 6) is 0.757. The normalized spacial score (nSPS) is 20.3. The molecule has 0 amide bonds. The van der Waals surface area contributed by atoms with E-state index in [9.17, 15) is 12.8 Å². The van der Waals surface area contributed by atoms with Crippen molar-refractivity contribution >= 4 is 15.7 Å². The van der Waals surface area contributed by atoms with Gasteiger partial charge in [-0.3, -0.25) is 4.72 Å². The van der Waals surface area contributed by atoms with Crippen molar-refractivity contribution in [1.29, 1.82) is 0 Å². The second kappa shape index (κ2) is 7.55. The molecule has 146 valence electrons. The van der Waals surface area contributed by atoms with Crippen LogP contribution in [0.5, 0.6) is 0 Å². The van der Waals surface area contributed by atoms with Crippen LogP contribution in [0.3, 0.4) is 0 Å². The van der Waals surface area contributed by atoms with E-state index < -0.39 is 15.8 Å². The highest BCUT2D eigenvalue weighted by Crippen LogP contribution is 2.28. The van der Waals surface area contributed by atoms with Crippen molar-refractivity contribution in [3.05, 3.63) is 29.8 Å². The number of anilines is 1. The molecule has 9 heteroatoms. The van der Waals surface area contributed by atoms with Gasteiger partial charge < -0.3 is 9.30 Å². The largest absolute Gasteiger partial charge is 0.377 e. The first-order valence-corrected chi connectivity index (χ1v) is 11.0. The standard InChI is InChI=1S/C18H23FN4O3S/c19-16-8-7-13(22-27(24,25)12-14-5-4-10-26-14)11-15(16)18-21-20-17-6-2-1-3-9-23(17)18/h7-8,11,14,22H,1-6,9-10,12H2. The Morgan fingerprint density at radius 2 is 2.11 bits per heavy atom. The Balaban J connectivity index is 1.59. The summed E-state index contributed by atoms with van der Waals surface area (Å²) < 4.78 is 49.2. The minimum atomic E-state index is -3.58. The molecule has 1 unspecified atom stereocenters. The third kappa shape index (κ3) is 4.14. The summed E-state index contributed by atoms with van der Waals surface area (Å²) in [5, 5.41) is 8.37. The van der Waals surface area contributed by atoms with Crippen molar-refractivity contribution in [2.45, 2.75) is 51.2 Å². The van der Waals surface area contributed by atoms with Crippen LogP contribution in [0.15, 0.2) is 18.2 Å². The number of aryl methyl sites for hydroxylation is 1. The summed E-state index contributed by atoms with van der Waals surface area (Å²) in [5.41, 5.74) is 0.573. The van der Waals surface area contributed by atoms with E-state index in [2.05, 4.69) is 14.9 Å². The van der Waals surface area contributed by atoms with Gasteiger partial charge >= 0.3 is 0 Å². The number of sulfonamides is 1. The van der Waals surface area contributed by atoms with Crippen LogP contribution in [0.1, 0.15) is 37.9 Å². The molecule has 1 atom stereocenters. The maximum atomic E-state index is 14.5. The zero-order chi connectivity index (χ0) is 18.9. The number of nitrogens with zero attached hydrogens (tertiary/aromatic N) is 3. The fourth-order valence-corrected chi connectivity index (χ4v) is 5.01. The lowest BCUT2D eigenvalue weighted by atomic mass is 10.1. The quantitative estimate of drug-likeness (QED) is 0.843. The lowest BCUT2D eigenvalue weighted by Crippen LogP contribution is -2.25. The number of hydrogen-bond donors (Lipinski definition) is 1. The van der Waals surface area contributed by atoms with Crippen LogP contribution in [0, 0.1) is 5.82 Å². The number of nitrogens with one attached hydrogen (secondary N) is 1. The first-order valence-electron chi connectivity index (χ1n) is 9.36. The molecular formula is C18H23FN4O3S. The number of ether oxygens (including phenoxy) is 1. The number of benzene rings is 1. The molecule has 1 N–H and O–H groups in total. The molecular weight excluding hydrogens is 371 g/mol. The number of aromatic nitrogens is 3. The highest BCUT2D eigenvalue weighted by Gasteiger charge is 2.24. The van der Waals surface area contributed by atoms with Crippen LogP contribution in [0.2, 0.25) is 0 Å². The minimum Gasteiger partial charge on any atom is -0.377 e. The summed E-state index contributed by atoms with van der Waals surface area (Å²) in [6, 6.07) is 4.17. The van der Waals surface area contributed by atoms with Gasteiger partial charge in [-0.1, -0.05) is 6.42 Å². The van der Waals surface area contributed by atoms with Crippen molar-refractivity contribution in [2.24, 2.45) is 0 Å². The molecule has 0 spiro atoms. The van der Waals surface area contributed by atoms with E-state index in [1.54, 1.807) is 0 Å². The average molecular weight is 394 g/mol. The average Bonchev–Trinajstić information content (AvgIpc) is 3.20. The molecule has 2 aromatic rings. The van der Waals surface area contributed by atoms with Crippen LogP contribution in [-0.4, -0.2) is 41.6 Å². The van der Waals surface area contributed by atoms with Gasteiger partial charge in [-0.25, -0.2) is 12.8 Å². The van der Waals surface area contributed by atoms with E-state index in [4.69, 9.17) is 4.74 Å². The Hall–Kier alpha value is -2.00. The lowest BCUT2D eigenvalue weighted by Gasteiger charge is -2.13. The van der Waals surface area contributed by atoms with Gasteiger partial charge in [-0.15, -0.1) is 10.2 Å². The maximum Gasteiger partial charge on any atom is 0.235 e. The van der Waals surface area contributed by atoms with Crippen LogP contribution in [0.25, 0.3) is 11.4 Å². The molecule has 0 saturated carbocycles. The molecule has 2 aliphatic rings. The zero-order valence-corrected chi connectivity index (χ0v) is 15.8. The van der Waals surface area contributed by atoms with E-state index >= 15 is 0 Å². The van der Waals surface area contributed by atoms with E-state index in [0.29, 0.717) is 18.1 Å². The third-order valence-corrected chi connectivity index (χ3v) is 6.38. The van der Waals surface area contributed by atoms with Crippen molar-refractivity contribution in [3.8, 4) is 11.4 Å². The molecule has 1 saturated heterocycles. The summed E-state index contributed by atoms with van der Waals surface area (Å²) in [7, 11) is -3.58. The van der Waals surface area contributed by atoms with Crippen LogP contribution in [0.4, 0.5) is 10.1 Å². The Morgan fingerprint density at radius 3 is 2.93 bits per heavy atom. The third-order valence-electron chi connectivity index (χ3n) is 5.02. The van der Waals surface area contributed by atoms with Crippen molar-refractivity contribution in [2.75, 3.05) is 17.1 Å². The fourth-order valence-electron chi connectivity index (χ4n) is 3.69. The van der Waals surface area contributed by atoms with E-state index in [0.717, 1.165) is 50.9 Å². The lowest BCUT2D eigenvalue weighted by molar-refractivity contribution is 0.127. The van der Waals surface area contributed by atoms with Crippen molar-refractivity contribution in [1.82, 2.24) is 14.8 Å². The predicted octanol–water partition coefficient (Wildman–Crippen LogP) is 2.73. The van der Waals surface area contributed by atoms with Crippen molar-refractivity contribution < 1.29 is 17.5 Å². The first kappa shape index (κ1) is 18.4. The van der Waals surface area contributed by atoms with Gasteiger partial charge in [0.15, 0.2) is 5.82 Å². The molecule has 1 fully saturated rings. The summed E-state index contributed by atoms with van der Waals surface area (Å²) in [6.07, 6.45) is 5.29. The van der Waals surface area contributed by atoms with Gasteiger partial charge in [-0.2, -0.15) is 0 Å². The second-order valence-electron chi connectivity index (χ2n) is 7.12. The highest BCUT2D eigenvalue weighted by molar-refractivity contribution is 7.92. The Morgan fingerprint density at radius 1 is 1.22 bits per heavy atom. The Bertz CT molecular complexity index is 923. The van der Waals surface area contributed by atoms with Gasteiger partial charge in [0.25, 0.3) is 0 Å². The fraction of sp³-hybridized carbons (Fsp3) is 0.556. The van der Waals surface area contributed by atoms with E-state index in [1.165, 1.54) is 18.2 Å². The minimum absolute atomic E-state index is 0.0972. The molecule has 0 bridgehead atoms. The molecule has 0 aliphatic carbocycles. The van der Waals surface area contributed by atoms with Crippen LogP contribution >= 0.6 is 0 Å². The predicted molar refractivity (Wildman–Crippen MR) is 99.4 cm³/mol. The topological polar surface area (TPSA) is 86.1 Å². The number of hydrogen-bond acceptors (Lipinski definition) is 5. The van der Waals surface area contributed by atoms with Crippen molar-refractivity contribution in [3.63, 3.8) is 0 Å². The van der Waals surface area contributed by atoms with Gasteiger partial charge in [0.05, 0.1) is 17.4 Å². The second-order valence-corrected chi connectivity index (χ2v) is 8.88. The summed E-state index contributed by atoms with van der Waals surface area (Å²) >= 11 is 0. The Kier molecular flexibility index (Phi) is 5.14. The summed E-state index contributed by atoms with van der Waals surface area (Å²) in [6.45, 7) is 1.34. The smallest absolute Gasteiger partial charge is 0.235 e. The molecule has 3 heterocycles. The molecule has 4 rings (SSSR count). The molecule has 1 aromatic heterocycles. The van der Waals surface area contributed by atoms with E-state index in [1.807, 2.05) is 4.57 Å². The molecule has 1 aromatic carbocycles. The van der Waals surface area contributed by atoms with Crippen LogP contribution in [-0.2, 0) is 27.7 Å². The number of fused-ring (bicyclic) bond motifs is 1. The molecule has 7 nitrogen and oxygen atoms in total. The van der Waals surface area contributed by atoms with Gasteiger partial charge in [0.1, 0.15) is 11.6 Å². The van der Waals surface area contributed by atoms with Gasteiger partial charge in [0.2, 0.25) is 10.0 Å². The molecule has 0 radical (unpaired) electrons. The maximum absolute atomic E-state index is 14.5. The zero-order valence-electron chi connectivity index (χ0n) is 15.0. The van der Waals surface area contributed by atoms with Gasteiger partial charge in [-0.05, 0) is 43.9 Å². The number of rotatable bonds is 5.